The molecule has 2 aromatic rings. The second-order valence-electron chi connectivity index (χ2n) is 7.57. The lowest BCUT2D eigenvalue weighted by Gasteiger charge is -2.20. The summed E-state index contributed by atoms with van der Waals surface area (Å²) in [5, 5.41) is 26.6. The summed E-state index contributed by atoms with van der Waals surface area (Å²) < 4.78 is 7.07. The number of carbonyl (C=O) groups is 2. The number of carbonyl (C=O) groups excluding carboxylic acids is 2. The lowest BCUT2D eigenvalue weighted by Crippen LogP contribution is -2.28. The Morgan fingerprint density at radius 2 is 2.12 bits per heavy atom. The van der Waals surface area contributed by atoms with Crippen LogP contribution in [0, 0.1) is 5.92 Å². The van der Waals surface area contributed by atoms with Crippen LogP contribution >= 0.6 is 12.4 Å². The third-order valence-electron chi connectivity index (χ3n) is 5.18. The van der Waals surface area contributed by atoms with E-state index >= 15 is 0 Å². The Balaban J connectivity index is 0.00000324. The van der Waals surface area contributed by atoms with Crippen LogP contribution in [-0.2, 0) is 22.6 Å². The molecule has 2 aliphatic rings. The van der Waals surface area contributed by atoms with Gasteiger partial charge in [0.15, 0.2) is 5.82 Å². The number of amides is 2. The van der Waals surface area contributed by atoms with E-state index in [1.807, 2.05) is 41.3 Å². The molecule has 0 radical (unpaired) electrons. The lowest BCUT2D eigenvalue weighted by molar-refractivity contribution is -0.121. The molecule has 0 spiro atoms. The van der Waals surface area contributed by atoms with Crippen LogP contribution in [0.4, 0.5) is 0 Å². The van der Waals surface area contributed by atoms with Gasteiger partial charge in [-0.3, -0.25) is 9.59 Å². The molecule has 0 fully saturated rings. The van der Waals surface area contributed by atoms with Gasteiger partial charge in [-0.2, -0.15) is 4.98 Å². The molecule has 12 heteroatoms. The first-order chi connectivity index (χ1) is 16.1. The highest BCUT2D eigenvalue weighted by Crippen LogP contribution is 2.27. The van der Waals surface area contributed by atoms with E-state index in [0.29, 0.717) is 50.0 Å². The van der Waals surface area contributed by atoms with Crippen LogP contribution in [0.15, 0.2) is 68.9 Å². The van der Waals surface area contributed by atoms with Gasteiger partial charge in [0.25, 0.3) is 5.91 Å². The monoisotopic (exact) mass is 487 g/mol. The Kier molecular flexibility index (Phi) is 8.88. The maximum Gasteiger partial charge on any atom is 0.276 e. The third-order valence-corrected chi connectivity index (χ3v) is 5.18. The summed E-state index contributed by atoms with van der Waals surface area (Å²) in [6.07, 6.45) is 12.3. The van der Waals surface area contributed by atoms with Crippen LogP contribution in [0.3, 0.4) is 0 Å². The van der Waals surface area contributed by atoms with Crippen LogP contribution in [-0.4, -0.2) is 51.3 Å². The topological polar surface area (TPSA) is 147 Å². The van der Waals surface area contributed by atoms with Crippen LogP contribution < -0.4 is 10.6 Å². The van der Waals surface area contributed by atoms with Crippen molar-refractivity contribution in [2.45, 2.75) is 25.8 Å². The number of aliphatic hydroxyl groups excluding tert-OH is 1. The van der Waals surface area contributed by atoms with E-state index in [4.69, 9.17) is 9.63 Å². The first kappa shape index (κ1) is 25.1. The lowest BCUT2D eigenvalue weighted by atomic mass is 9.93. The Morgan fingerprint density at radius 3 is 2.97 bits per heavy atom. The fraction of sp³-hybridized carbons (Fsp3) is 0.364. The molecule has 3 heterocycles. The summed E-state index contributed by atoms with van der Waals surface area (Å²) in [7, 11) is 0. The van der Waals surface area contributed by atoms with Gasteiger partial charge in [-0.25, -0.2) is 0 Å². The summed E-state index contributed by atoms with van der Waals surface area (Å²) in [5.41, 5.74) is 1.60. The highest BCUT2D eigenvalue weighted by Gasteiger charge is 2.26. The van der Waals surface area contributed by atoms with Crippen LogP contribution in [0.5, 0.6) is 0 Å². The van der Waals surface area contributed by atoms with Crippen LogP contribution in [0.25, 0.3) is 11.4 Å². The van der Waals surface area contributed by atoms with Gasteiger partial charge >= 0.3 is 0 Å². The maximum absolute atomic E-state index is 12.1. The predicted molar refractivity (Wildman–Crippen MR) is 125 cm³/mol. The largest absolute Gasteiger partial charge is 0.395 e. The number of fused-ring (bicyclic) bond motifs is 1. The number of rotatable bonds is 11. The van der Waals surface area contributed by atoms with Crippen LogP contribution in [0.2, 0.25) is 0 Å². The van der Waals surface area contributed by atoms with Crippen molar-refractivity contribution in [2.75, 3.05) is 19.7 Å². The number of hydrogen-bond donors (Lipinski definition) is 3. The van der Waals surface area contributed by atoms with Gasteiger partial charge in [-0.15, -0.1) is 22.6 Å². The quantitative estimate of drug-likeness (QED) is 0.410. The Morgan fingerprint density at radius 1 is 1.24 bits per heavy atom. The number of aryl methyl sites for hydroxylation is 1. The van der Waals surface area contributed by atoms with E-state index in [9.17, 15) is 9.59 Å². The summed E-state index contributed by atoms with van der Waals surface area (Å²) >= 11 is 0. The molecule has 1 atom stereocenters. The van der Waals surface area contributed by atoms with E-state index in [2.05, 4.69) is 31.0 Å². The fourth-order valence-electron chi connectivity index (χ4n) is 3.47. The minimum Gasteiger partial charge on any atom is -0.395 e. The van der Waals surface area contributed by atoms with Crippen molar-refractivity contribution in [3.8, 4) is 11.4 Å². The Bertz CT molecular complexity index is 1130. The predicted octanol–water partition coefficient (Wildman–Crippen LogP) is 1.93. The average molecular weight is 488 g/mol. The highest BCUT2D eigenvalue weighted by molar-refractivity contribution is 5.86. The molecule has 0 saturated heterocycles. The Labute approximate surface area is 202 Å². The summed E-state index contributed by atoms with van der Waals surface area (Å²) in [6.45, 7) is 1.63. The molecule has 1 aliphatic carbocycles. The molecule has 4 rings (SSSR count). The molecule has 1 aliphatic heterocycles. The number of allylic oxidation sites excluding steroid dienone is 3. The SMILES string of the molecule is Cl.O=C(CCc1nc(-c2ccn(CCO)c2)no1)NCCCNC1=C2C=CC=CC2C(=O)N=N1. The van der Waals surface area contributed by atoms with E-state index in [1.54, 1.807) is 6.08 Å². The molecule has 180 valence electrons. The molecule has 3 N–H and O–H groups in total. The summed E-state index contributed by atoms with van der Waals surface area (Å²) in [5.74, 6) is 0.694. The smallest absolute Gasteiger partial charge is 0.276 e. The summed E-state index contributed by atoms with van der Waals surface area (Å²) in [4.78, 5) is 28.2. The van der Waals surface area contributed by atoms with E-state index < -0.39 is 0 Å². The minimum atomic E-state index is -0.375. The standard InChI is InChI=1S/C22H25N7O4.ClH/c30-13-12-29-11-8-15(14-29)20-25-19(33-28-20)7-6-18(31)23-9-3-10-24-21-16-4-1-2-5-17(16)22(32)27-26-21;/h1-2,4-5,8,11,14,17,24,30H,3,6-7,9-10,12-13H2,(H,23,31);1H. The number of nitrogens with zero attached hydrogens (tertiary/aromatic N) is 5. The molecule has 0 bridgehead atoms. The summed E-state index contributed by atoms with van der Waals surface area (Å²) in [6, 6.07) is 1.84. The molecule has 34 heavy (non-hydrogen) atoms. The highest BCUT2D eigenvalue weighted by atomic mass is 35.5. The molecule has 0 aromatic carbocycles. The van der Waals surface area contributed by atoms with E-state index in [1.165, 1.54) is 0 Å². The number of hydrogen-bond acceptors (Lipinski definition) is 8. The Hall–Kier alpha value is -3.57. The van der Waals surface area contributed by atoms with Gasteiger partial charge in [-0.1, -0.05) is 29.5 Å². The first-order valence-electron chi connectivity index (χ1n) is 10.8. The van der Waals surface area contributed by atoms with Gasteiger partial charge in [-0.05, 0) is 12.5 Å². The van der Waals surface area contributed by atoms with Crippen molar-refractivity contribution < 1.29 is 19.2 Å². The fourth-order valence-corrected chi connectivity index (χ4v) is 3.47. The van der Waals surface area contributed by atoms with Gasteiger partial charge in [0.05, 0.1) is 12.5 Å². The number of aromatic nitrogens is 3. The maximum atomic E-state index is 12.1. The van der Waals surface area contributed by atoms with Crippen molar-refractivity contribution >= 4 is 24.2 Å². The number of nitrogens with one attached hydrogen (secondary N) is 2. The van der Waals surface area contributed by atoms with Crippen LogP contribution in [0.1, 0.15) is 18.7 Å². The van der Waals surface area contributed by atoms with Crippen molar-refractivity contribution in [2.24, 2.45) is 16.1 Å². The number of halogens is 1. The molecular formula is C22H26ClN7O4. The molecular weight excluding hydrogens is 462 g/mol. The zero-order valence-corrected chi connectivity index (χ0v) is 19.2. The van der Waals surface area contributed by atoms with E-state index in [0.717, 1.165) is 11.1 Å². The van der Waals surface area contributed by atoms with Crippen molar-refractivity contribution in [3.63, 3.8) is 0 Å². The van der Waals surface area contributed by atoms with Crippen molar-refractivity contribution in [1.82, 2.24) is 25.3 Å². The van der Waals surface area contributed by atoms with Gasteiger partial charge in [0.1, 0.15) is 0 Å². The average Bonchev–Trinajstić information content (AvgIpc) is 3.49. The van der Waals surface area contributed by atoms with E-state index in [-0.39, 0.29) is 43.2 Å². The zero-order chi connectivity index (χ0) is 23.0. The molecule has 1 unspecified atom stereocenters. The van der Waals surface area contributed by atoms with Gasteiger partial charge in [0.2, 0.25) is 17.6 Å². The van der Waals surface area contributed by atoms with Crippen molar-refractivity contribution in [3.05, 3.63) is 60.0 Å². The number of aliphatic hydroxyl groups is 1. The molecule has 0 saturated carbocycles. The second-order valence-corrected chi connectivity index (χ2v) is 7.57. The number of azo groups is 1. The molecule has 11 nitrogen and oxygen atoms in total. The first-order valence-corrected chi connectivity index (χ1v) is 10.8. The zero-order valence-electron chi connectivity index (χ0n) is 18.4. The minimum absolute atomic E-state index is 0. The van der Waals surface area contributed by atoms with Gasteiger partial charge in [0, 0.05) is 56.0 Å². The normalized spacial score (nSPS) is 16.4. The molecule has 2 amide bonds. The van der Waals surface area contributed by atoms with Gasteiger partial charge < -0.3 is 24.8 Å². The molecule has 2 aromatic heterocycles. The second kappa shape index (κ2) is 12.1. The third kappa shape index (κ3) is 6.27. The van der Waals surface area contributed by atoms with Crippen molar-refractivity contribution in [1.29, 1.82) is 0 Å².